The number of nitrogens with one attached hydrogen (secondary N) is 1. The number of carboxylic acids is 1. The Kier molecular flexibility index (Phi) is 4.39. The number of nitrogens with zero attached hydrogens (tertiary/aromatic N) is 1. The van der Waals surface area contributed by atoms with Gasteiger partial charge in [-0.15, -0.1) is 0 Å². The second kappa shape index (κ2) is 5.46. The number of aliphatic carboxylic acids is 1. The quantitative estimate of drug-likeness (QED) is 0.867. The van der Waals surface area contributed by atoms with Gasteiger partial charge in [0, 0.05) is 23.8 Å². The van der Waals surface area contributed by atoms with Crippen molar-refractivity contribution in [3.05, 3.63) is 24.0 Å². The van der Waals surface area contributed by atoms with Gasteiger partial charge in [0.1, 0.15) is 5.69 Å². The van der Waals surface area contributed by atoms with Crippen LogP contribution in [0.3, 0.4) is 0 Å². The van der Waals surface area contributed by atoms with Crippen molar-refractivity contribution in [2.75, 3.05) is 5.32 Å². The van der Waals surface area contributed by atoms with Crippen LogP contribution in [0.15, 0.2) is 18.3 Å². The number of hydrogen-bond donors (Lipinski definition) is 2. The highest BCUT2D eigenvalue weighted by Gasteiger charge is 2.32. The second-order valence-electron chi connectivity index (χ2n) is 4.83. The zero-order valence-corrected chi connectivity index (χ0v) is 10.6. The minimum atomic E-state index is -4.50. The van der Waals surface area contributed by atoms with Gasteiger partial charge in [0.2, 0.25) is 0 Å². The van der Waals surface area contributed by atoms with Gasteiger partial charge >= 0.3 is 12.1 Å². The van der Waals surface area contributed by atoms with Gasteiger partial charge in [-0.1, -0.05) is 0 Å². The first-order valence-corrected chi connectivity index (χ1v) is 5.63. The molecule has 0 atom stereocenters. The standard InChI is InChI=1S/C12H15F3N2O2/c1-11(2,5-3-10(18)19)17-8-4-6-16-9(7-8)12(13,14)15/h4,6-7H,3,5H2,1-2H3,(H,16,17)(H,18,19). The summed E-state index contributed by atoms with van der Waals surface area (Å²) in [6.45, 7) is 3.45. The Morgan fingerprint density at radius 3 is 2.58 bits per heavy atom. The fraction of sp³-hybridized carbons (Fsp3) is 0.500. The minimum absolute atomic E-state index is 0.0583. The zero-order valence-electron chi connectivity index (χ0n) is 10.6. The molecule has 0 radical (unpaired) electrons. The number of carboxylic acid groups (broad SMARTS) is 1. The summed E-state index contributed by atoms with van der Waals surface area (Å²) in [5.41, 5.74) is -1.34. The lowest BCUT2D eigenvalue weighted by Gasteiger charge is -2.27. The van der Waals surface area contributed by atoms with Gasteiger partial charge in [-0.25, -0.2) is 0 Å². The van der Waals surface area contributed by atoms with Crippen LogP contribution in [0.1, 0.15) is 32.4 Å². The van der Waals surface area contributed by atoms with Crippen molar-refractivity contribution in [1.82, 2.24) is 4.98 Å². The van der Waals surface area contributed by atoms with Crippen LogP contribution >= 0.6 is 0 Å². The number of anilines is 1. The topological polar surface area (TPSA) is 62.2 Å². The Labute approximate surface area is 108 Å². The second-order valence-corrected chi connectivity index (χ2v) is 4.83. The smallest absolute Gasteiger partial charge is 0.433 e. The highest BCUT2D eigenvalue weighted by Crippen LogP contribution is 2.29. The van der Waals surface area contributed by atoms with Crippen molar-refractivity contribution in [3.63, 3.8) is 0 Å². The predicted molar refractivity (Wildman–Crippen MR) is 63.8 cm³/mol. The fourth-order valence-corrected chi connectivity index (χ4v) is 1.54. The van der Waals surface area contributed by atoms with Gasteiger partial charge in [0.25, 0.3) is 0 Å². The van der Waals surface area contributed by atoms with Gasteiger partial charge in [0.05, 0.1) is 0 Å². The summed E-state index contributed by atoms with van der Waals surface area (Å²) in [6.07, 6.45) is -3.19. The summed E-state index contributed by atoms with van der Waals surface area (Å²) in [7, 11) is 0. The van der Waals surface area contributed by atoms with Crippen LogP contribution in [0.4, 0.5) is 18.9 Å². The molecule has 0 aromatic carbocycles. The highest BCUT2D eigenvalue weighted by molar-refractivity contribution is 5.66. The summed E-state index contributed by atoms with van der Waals surface area (Å²) >= 11 is 0. The van der Waals surface area contributed by atoms with E-state index in [1.807, 2.05) is 0 Å². The van der Waals surface area contributed by atoms with Gasteiger partial charge in [0.15, 0.2) is 0 Å². The molecule has 0 saturated carbocycles. The van der Waals surface area contributed by atoms with Gasteiger partial charge in [-0.2, -0.15) is 13.2 Å². The first kappa shape index (κ1) is 15.3. The van der Waals surface area contributed by atoms with Crippen molar-refractivity contribution >= 4 is 11.7 Å². The molecule has 1 heterocycles. The molecule has 0 unspecified atom stereocenters. The average Bonchev–Trinajstić information content (AvgIpc) is 2.25. The van der Waals surface area contributed by atoms with Crippen molar-refractivity contribution in [2.24, 2.45) is 0 Å². The van der Waals surface area contributed by atoms with E-state index in [4.69, 9.17) is 5.11 Å². The molecule has 0 aliphatic heterocycles. The van der Waals surface area contributed by atoms with Crippen LogP contribution in [-0.4, -0.2) is 21.6 Å². The molecule has 1 aromatic rings. The van der Waals surface area contributed by atoms with E-state index in [1.165, 1.54) is 6.07 Å². The number of alkyl halides is 3. The van der Waals surface area contributed by atoms with Crippen molar-refractivity contribution in [2.45, 2.75) is 38.4 Å². The molecule has 1 rings (SSSR count). The molecule has 2 N–H and O–H groups in total. The van der Waals surface area contributed by atoms with Crippen LogP contribution in [-0.2, 0) is 11.0 Å². The molecular formula is C12H15F3N2O2. The molecule has 0 fully saturated rings. The lowest BCUT2D eigenvalue weighted by molar-refractivity contribution is -0.141. The maximum absolute atomic E-state index is 12.5. The van der Waals surface area contributed by atoms with E-state index >= 15 is 0 Å². The van der Waals surface area contributed by atoms with Crippen LogP contribution < -0.4 is 5.32 Å². The maximum atomic E-state index is 12.5. The molecular weight excluding hydrogens is 261 g/mol. The molecule has 0 bridgehead atoms. The van der Waals surface area contributed by atoms with Crippen molar-refractivity contribution < 1.29 is 23.1 Å². The molecule has 7 heteroatoms. The van der Waals surface area contributed by atoms with Crippen LogP contribution in [0.5, 0.6) is 0 Å². The number of aromatic nitrogens is 1. The zero-order chi connectivity index (χ0) is 14.7. The largest absolute Gasteiger partial charge is 0.481 e. The number of pyridine rings is 1. The summed E-state index contributed by atoms with van der Waals surface area (Å²) in [5.74, 6) is -0.944. The van der Waals surface area contributed by atoms with Gasteiger partial charge in [-0.05, 0) is 32.4 Å². The first-order chi connectivity index (χ1) is 8.60. The first-order valence-electron chi connectivity index (χ1n) is 5.63. The Morgan fingerprint density at radius 1 is 1.42 bits per heavy atom. The average molecular weight is 276 g/mol. The molecule has 0 aliphatic rings. The van der Waals surface area contributed by atoms with Crippen LogP contribution in [0, 0.1) is 0 Å². The third-order valence-corrected chi connectivity index (χ3v) is 2.50. The Hall–Kier alpha value is -1.79. The van der Waals surface area contributed by atoms with E-state index in [2.05, 4.69) is 10.3 Å². The van der Waals surface area contributed by atoms with E-state index < -0.39 is 23.4 Å². The normalized spacial score (nSPS) is 12.3. The van der Waals surface area contributed by atoms with E-state index in [0.29, 0.717) is 6.42 Å². The number of halogens is 3. The van der Waals surface area contributed by atoms with Crippen molar-refractivity contribution in [1.29, 1.82) is 0 Å². The molecule has 106 valence electrons. The number of hydrogen-bond acceptors (Lipinski definition) is 3. The Balaban J connectivity index is 2.79. The lowest BCUT2D eigenvalue weighted by atomic mass is 9.98. The van der Waals surface area contributed by atoms with Crippen LogP contribution in [0.2, 0.25) is 0 Å². The monoisotopic (exact) mass is 276 g/mol. The molecule has 19 heavy (non-hydrogen) atoms. The summed E-state index contributed by atoms with van der Waals surface area (Å²) < 4.78 is 37.5. The number of rotatable bonds is 5. The van der Waals surface area contributed by atoms with E-state index in [-0.39, 0.29) is 12.1 Å². The van der Waals surface area contributed by atoms with Gasteiger partial charge < -0.3 is 10.4 Å². The van der Waals surface area contributed by atoms with Gasteiger partial charge in [-0.3, -0.25) is 9.78 Å². The van der Waals surface area contributed by atoms with Crippen LogP contribution in [0.25, 0.3) is 0 Å². The Bertz CT molecular complexity index is 459. The molecule has 0 spiro atoms. The molecule has 4 nitrogen and oxygen atoms in total. The van der Waals surface area contributed by atoms with E-state index in [0.717, 1.165) is 12.3 Å². The molecule has 0 aliphatic carbocycles. The van der Waals surface area contributed by atoms with Crippen molar-refractivity contribution in [3.8, 4) is 0 Å². The Morgan fingerprint density at radius 2 is 2.05 bits per heavy atom. The molecule has 1 aromatic heterocycles. The third kappa shape index (κ3) is 5.15. The predicted octanol–water partition coefficient (Wildman–Crippen LogP) is 3.16. The number of carbonyl (C=O) groups is 1. The minimum Gasteiger partial charge on any atom is -0.481 e. The lowest BCUT2D eigenvalue weighted by Crippen LogP contribution is -2.31. The van der Waals surface area contributed by atoms with E-state index in [9.17, 15) is 18.0 Å². The summed E-state index contributed by atoms with van der Waals surface area (Å²) in [6, 6.07) is 2.32. The molecule has 0 saturated heterocycles. The fourth-order valence-electron chi connectivity index (χ4n) is 1.54. The SMILES string of the molecule is CC(C)(CCC(=O)O)Nc1ccnc(C(F)(F)F)c1. The summed E-state index contributed by atoms with van der Waals surface area (Å²) in [5, 5.41) is 11.5. The van der Waals surface area contributed by atoms with E-state index in [1.54, 1.807) is 13.8 Å². The summed E-state index contributed by atoms with van der Waals surface area (Å²) in [4.78, 5) is 13.8. The molecule has 0 amide bonds. The highest BCUT2D eigenvalue weighted by atomic mass is 19.4. The maximum Gasteiger partial charge on any atom is 0.433 e. The third-order valence-electron chi connectivity index (χ3n) is 2.50.